The number of carbonyl (C=O) groups excluding carboxylic acids is 1. The molecule has 0 aliphatic heterocycles. The highest BCUT2D eigenvalue weighted by Gasteiger charge is 2.22. The predicted octanol–water partition coefficient (Wildman–Crippen LogP) is 6.13. The maximum Gasteiger partial charge on any atom is 0.334 e. The number of likely N-dealkylation sites (N-methyl/N-ethyl adjacent to an activating group) is 1. The number of ether oxygens (including phenoxy) is 1. The van der Waals surface area contributed by atoms with E-state index < -0.39 is 0 Å². The summed E-state index contributed by atoms with van der Waals surface area (Å²) >= 11 is 0. The topological polar surface area (TPSA) is 29.5 Å². The first kappa shape index (κ1) is 23.7. The van der Waals surface area contributed by atoms with E-state index in [-0.39, 0.29) is 5.97 Å². The Morgan fingerprint density at radius 1 is 1.07 bits per heavy atom. The second-order valence-electron chi connectivity index (χ2n) is 9.04. The minimum absolute atomic E-state index is 0.249. The minimum Gasteiger partial charge on any atom is -0.462 e. The van der Waals surface area contributed by atoms with Crippen molar-refractivity contribution in [3.05, 3.63) is 47.5 Å². The van der Waals surface area contributed by atoms with Gasteiger partial charge in [0.25, 0.3) is 0 Å². The summed E-state index contributed by atoms with van der Waals surface area (Å²) in [5.41, 5.74) is 3.54. The summed E-state index contributed by atoms with van der Waals surface area (Å²) in [5.74, 6) is 1.26. The molecular weight excluding hydrogens is 358 g/mol. The number of unbranched alkanes of at least 4 members (excludes halogenated alkanes) is 2. The molecule has 1 aromatic carbocycles. The first-order chi connectivity index (χ1) is 14.0. The molecular formula is C26H41NO2. The average molecular weight is 400 g/mol. The van der Waals surface area contributed by atoms with Gasteiger partial charge in [0.2, 0.25) is 0 Å². The Morgan fingerprint density at radius 3 is 2.38 bits per heavy atom. The zero-order chi connectivity index (χ0) is 21.1. The van der Waals surface area contributed by atoms with E-state index in [2.05, 4.69) is 37.8 Å². The van der Waals surface area contributed by atoms with Crippen molar-refractivity contribution in [3.63, 3.8) is 0 Å². The molecule has 0 aromatic heterocycles. The van der Waals surface area contributed by atoms with Gasteiger partial charge in [-0.1, -0.05) is 50.6 Å². The van der Waals surface area contributed by atoms with Crippen molar-refractivity contribution < 1.29 is 9.53 Å². The number of esters is 1. The summed E-state index contributed by atoms with van der Waals surface area (Å²) < 4.78 is 5.37. The monoisotopic (exact) mass is 399 g/mol. The molecule has 29 heavy (non-hydrogen) atoms. The molecule has 0 N–H and O–H groups in total. The highest BCUT2D eigenvalue weighted by Crippen LogP contribution is 2.37. The van der Waals surface area contributed by atoms with Crippen LogP contribution in [0.2, 0.25) is 0 Å². The number of hydrogen-bond acceptors (Lipinski definition) is 3. The van der Waals surface area contributed by atoms with Gasteiger partial charge in [0.1, 0.15) is 0 Å². The van der Waals surface area contributed by atoms with Crippen molar-refractivity contribution in [2.24, 2.45) is 5.92 Å². The third kappa shape index (κ3) is 8.74. The van der Waals surface area contributed by atoms with Crippen molar-refractivity contribution in [1.29, 1.82) is 0 Å². The highest BCUT2D eigenvalue weighted by molar-refractivity contribution is 5.88. The van der Waals surface area contributed by atoms with E-state index in [0.29, 0.717) is 18.7 Å². The fourth-order valence-electron chi connectivity index (χ4n) is 4.41. The van der Waals surface area contributed by atoms with Crippen LogP contribution >= 0.6 is 0 Å². The van der Waals surface area contributed by atoms with Crippen LogP contribution in [0.15, 0.2) is 36.4 Å². The Morgan fingerprint density at radius 2 is 1.76 bits per heavy atom. The Bertz CT molecular complexity index is 612. The van der Waals surface area contributed by atoms with Crippen LogP contribution in [0.25, 0.3) is 0 Å². The zero-order valence-electron chi connectivity index (χ0n) is 18.9. The Labute approximate surface area is 178 Å². The van der Waals surface area contributed by atoms with Crippen LogP contribution in [-0.2, 0) is 16.0 Å². The number of hydrogen-bond donors (Lipinski definition) is 0. The van der Waals surface area contributed by atoms with Crippen LogP contribution in [0.5, 0.6) is 0 Å². The summed E-state index contributed by atoms with van der Waals surface area (Å²) in [4.78, 5) is 13.8. The first-order valence-corrected chi connectivity index (χ1v) is 11.6. The van der Waals surface area contributed by atoms with Crippen molar-refractivity contribution in [3.8, 4) is 0 Å². The molecule has 0 radical (unpaired) electrons. The summed E-state index contributed by atoms with van der Waals surface area (Å²) in [6, 6.07) is 9.42. The molecule has 3 heteroatoms. The molecule has 0 bridgehead atoms. The lowest BCUT2D eigenvalue weighted by Crippen LogP contribution is -2.21. The van der Waals surface area contributed by atoms with Crippen molar-refractivity contribution in [2.75, 3.05) is 27.2 Å². The second kappa shape index (κ2) is 12.8. The number of benzene rings is 1. The van der Waals surface area contributed by atoms with E-state index in [1.54, 1.807) is 0 Å². The molecule has 0 heterocycles. The van der Waals surface area contributed by atoms with Gasteiger partial charge in [0.15, 0.2) is 0 Å². The third-order valence-electron chi connectivity index (χ3n) is 6.15. The number of nitrogens with zero attached hydrogens (tertiary/aromatic N) is 1. The van der Waals surface area contributed by atoms with Gasteiger partial charge in [-0.05, 0) is 88.4 Å². The molecule has 1 saturated carbocycles. The normalized spacial score (nSPS) is 19.3. The molecule has 0 atom stereocenters. The van der Waals surface area contributed by atoms with E-state index in [0.717, 1.165) is 24.7 Å². The van der Waals surface area contributed by atoms with Crippen molar-refractivity contribution in [2.45, 2.75) is 77.0 Å². The van der Waals surface area contributed by atoms with Crippen molar-refractivity contribution >= 4 is 5.97 Å². The van der Waals surface area contributed by atoms with E-state index in [4.69, 9.17) is 4.74 Å². The molecule has 1 aliphatic carbocycles. The standard InChI is InChI=1S/C26H41NO2/c1-5-6-7-9-22-11-15-24(16-12-22)25-17-13-23(14-18-25)10-8-19-29-26(28)21(2)20-27(3)4/h11-12,15-16,23,25H,2,5-10,13-14,17-20H2,1,3-4H3. The van der Waals surface area contributed by atoms with Gasteiger partial charge in [-0.2, -0.15) is 0 Å². The van der Waals surface area contributed by atoms with Crippen LogP contribution in [0.3, 0.4) is 0 Å². The highest BCUT2D eigenvalue weighted by atomic mass is 16.5. The first-order valence-electron chi connectivity index (χ1n) is 11.6. The van der Waals surface area contributed by atoms with Gasteiger partial charge in [0.05, 0.1) is 6.61 Å². The fourth-order valence-corrected chi connectivity index (χ4v) is 4.41. The summed E-state index contributed by atoms with van der Waals surface area (Å²) in [5, 5.41) is 0. The van der Waals surface area contributed by atoms with Crippen LogP contribution in [0.1, 0.15) is 81.8 Å². The van der Waals surface area contributed by atoms with Gasteiger partial charge in [-0.25, -0.2) is 4.79 Å². The van der Waals surface area contributed by atoms with E-state index in [1.165, 1.54) is 62.5 Å². The number of aryl methyl sites for hydroxylation is 1. The SMILES string of the molecule is C=C(CN(C)C)C(=O)OCCCC1CCC(c2ccc(CCCCC)cc2)CC1. The van der Waals surface area contributed by atoms with Crippen LogP contribution in [-0.4, -0.2) is 38.1 Å². The maximum atomic E-state index is 11.9. The van der Waals surface area contributed by atoms with E-state index >= 15 is 0 Å². The fraction of sp³-hybridized carbons (Fsp3) is 0.654. The molecule has 0 spiro atoms. The lowest BCUT2D eigenvalue weighted by molar-refractivity contribution is -0.139. The Hall–Kier alpha value is -1.61. The largest absolute Gasteiger partial charge is 0.462 e. The zero-order valence-corrected chi connectivity index (χ0v) is 18.9. The quantitative estimate of drug-likeness (QED) is 0.240. The van der Waals surface area contributed by atoms with Gasteiger partial charge in [0, 0.05) is 12.1 Å². The summed E-state index contributed by atoms with van der Waals surface area (Å²) in [7, 11) is 3.85. The molecule has 0 saturated heterocycles. The van der Waals surface area contributed by atoms with Crippen LogP contribution < -0.4 is 0 Å². The molecule has 162 valence electrons. The predicted molar refractivity (Wildman–Crippen MR) is 122 cm³/mol. The molecule has 1 aromatic rings. The van der Waals surface area contributed by atoms with Crippen LogP contribution in [0, 0.1) is 5.92 Å². The molecule has 0 unspecified atom stereocenters. The average Bonchev–Trinajstić information content (AvgIpc) is 2.72. The van der Waals surface area contributed by atoms with Crippen molar-refractivity contribution in [1.82, 2.24) is 4.90 Å². The Kier molecular flexibility index (Phi) is 10.5. The molecule has 0 amide bonds. The molecule has 1 aliphatic rings. The van der Waals surface area contributed by atoms with Gasteiger partial charge in [-0.15, -0.1) is 0 Å². The summed E-state index contributed by atoms with van der Waals surface area (Å²) in [6.45, 7) is 7.14. The van der Waals surface area contributed by atoms with E-state index in [9.17, 15) is 4.79 Å². The third-order valence-corrected chi connectivity index (χ3v) is 6.15. The second-order valence-corrected chi connectivity index (χ2v) is 9.04. The van der Waals surface area contributed by atoms with Gasteiger partial charge >= 0.3 is 5.97 Å². The number of rotatable bonds is 12. The lowest BCUT2D eigenvalue weighted by atomic mass is 9.77. The van der Waals surface area contributed by atoms with E-state index in [1.807, 2.05) is 19.0 Å². The molecule has 2 rings (SSSR count). The smallest absolute Gasteiger partial charge is 0.334 e. The maximum absolute atomic E-state index is 11.9. The van der Waals surface area contributed by atoms with Crippen LogP contribution in [0.4, 0.5) is 0 Å². The molecule has 3 nitrogen and oxygen atoms in total. The Balaban J connectivity index is 1.62. The summed E-state index contributed by atoms with van der Waals surface area (Å²) in [6.07, 6.45) is 12.4. The molecule has 1 fully saturated rings. The lowest BCUT2D eigenvalue weighted by Gasteiger charge is -2.29. The number of carbonyl (C=O) groups is 1. The minimum atomic E-state index is -0.249. The van der Waals surface area contributed by atoms with Gasteiger partial charge < -0.3 is 9.64 Å². The van der Waals surface area contributed by atoms with Gasteiger partial charge in [-0.3, -0.25) is 0 Å².